The molecular formula is C14H10BrN3O. The van der Waals surface area contributed by atoms with E-state index in [1.807, 2.05) is 24.3 Å². The first-order chi connectivity index (χ1) is 9.15. The number of rotatable bonds is 1. The van der Waals surface area contributed by atoms with Gasteiger partial charge in [-0.1, -0.05) is 12.1 Å². The van der Waals surface area contributed by atoms with Crippen LogP contribution in [0.2, 0.25) is 0 Å². The molecule has 0 atom stereocenters. The van der Waals surface area contributed by atoms with E-state index in [1.54, 1.807) is 18.3 Å². The number of aromatic nitrogens is 2. The van der Waals surface area contributed by atoms with Crippen LogP contribution >= 0.6 is 15.9 Å². The second-order valence-corrected chi connectivity index (χ2v) is 5.04. The van der Waals surface area contributed by atoms with Gasteiger partial charge in [0.05, 0.1) is 15.7 Å². The van der Waals surface area contributed by atoms with E-state index in [-0.39, 0.29) is 5.56 Å². The molecule has 0 bridgehead atoms. The number of nitrogens with one attached hydrogen (secondary N) is 1. The molecule has 4 nitrogen and oxygen atoms in total. The number of nitrogen functional groups attached to an aromatic ring is 1. The van der Waals surface area contributed by atoms with E-state index in [2.05, 4.69) is 25.9 Å². The van der Waals surface area contributed by atoms with E-state index in [1.165, 1.54) is 0 Å². The van der Waals surface area contributed by atoms with E-state index < -0.39 is 0 Å². The lowest BCUT2D eigenvalue weighted by Crippen LogP contribution is -2.06. The third kappa shape index (κ3) is 2.13. The van der Waals surface area contributed by atoms with Crippen LogP contribution in [0, 0.1) is 0 Å². The van der Waals surface area contributed by atoms with Crippen LogP contribution in [-0.2, 0) is 0 Å². The van der Waals surface area contributed by atoms with Gasteiger partial charge >= 0.3 is 0 Å². The van der Waals surface area contributed by atoms with Crippen molar-refractivity contribution in [1.82, 2.24) is 9.97 Å². The van der Waals surface area contributed by atoms with Crippen molar-refractivity contribution < 1.29 is 0 Å². The fourth-order valence-electron chi connectivity index (χ4n) is 1.97. The molecule has 0 unspecified atom stereocenters. The molecule has 0 radical (unpaired) electrons. The average Bonchev–Trinajstić information content (AvgIpc) is 2.41. The molecule has 0 aliphatic carbocycles. The molecule has 2 heterocycles. The SMILES string of the molecule is Nc1ccc(-c2nccc3[nH]c(=O)c(Br)cc23)cc1. The van der Waals surface area contributed by atoms with Crippen LogP contribution in [0.5, 0.6) is 0 Å². The summed E-state index contributed by atoms with van der Waals surface area (Å²) >= 11 is 3.24. The number of halogens is 1. The summed E-state index contributed by atoms with van der Waals surface area (Å²) in [5.41, 5.74) is 8.77. The second kappa shape index (κ2) is 4.51. The maximum absolute atomic E-state index is 11.6. The van der Waals surface area contributed by atoms with Gasteiger partial charge in [-0.05, 0) is 40.2 Å². The number of fused-ring (bicyclic) bond motifs is 1. The molecule has 5 heteroatoms. The van der Waals surface area contributed by atoms with Crippen molar-refractivity contribution in [3.05, 3.63) is 57.4 Å². The molecule has 94 valence electrons. The molecule has 0 spiro atoms. The zero-order chi connectivity index (χ0) is 13.4. The number of nitrogens with zero attached hydrogens (tertiary/aromatic N) is 1. The van der Waals surface area contributed by atoms with Gasteiger partial charge in [0.15, 0.2) is 0 Å². The lowest BCUT2D eigenvalue weighted by molar-refractivity contribution is 1.26. The monoisotopic (exact) mass is 315 g/mol. The summed E-state index contributed by atoms with van der Waals surface area (Å²) in [7, 11) is 0. The van der Waals surface area contributed by atoms with Gasteiger partial charge in [0.2, 0.25) is 0 Å². The van der Waals surface area contributed by atoms with Gasteiger partial charge in [-0.3, -0.25) is 9.78 Å². The molecular weight excluding hydrogens is 306 g/mol. The lowest BCUT2D eigenvalue weighted by atomic mass is 10.1. The van der Waals surface area contributed by atoms with E-state index in [9.17, 15) is 4.79 Å². The molecule has 19 heavy (non-hydrogen) atoms. The van der Waals surface area contributed by atoms with Crippen LogP contribution in [-0.4, -0.2) is 9.97 Å². The topological polar surface area (TPSA) is 71.8 Å². The van der Waals surface area contributed by atoms with Crippen molar-refractivity contribution in [2.45, 2.75) is 0 Å². The zero-order valence-corrected chi connectivity index (χ0v) is 11.4. The summed E-state index contributed by atoms with van der Waals surface area (Å²) in [4.78, 5) is 18.8. The first kappa shape index (κ1) is 11.9. The molecule has 0 aliphatic rings. The van der Waals surface area contributed by atoms with Crippen molar-refractivity contribution in [3.63, 3.8) is 0 Å². The maximum Gasteiger partial charge on any atom is 0.262 e. The van der Waals surface area contributed by atoms with Gasteiger partial charge in [0, 0.05) is 22.8 Å². The minimum absolute atomic E-state index is 0.151. The predicted molar refractivity (Wildman–Crippen MR) is 79.9 cm³/mol. The quantitative estimate of drug-likeness (QED) is 0.678. The third-order valence-electron chi connectivity index (χ3n) is 2.91. The number of benzene rings is 1. The summed E-state index contributed by atoms with van der Waals surface area (Å²) in [6, 6.07) is 11.1. The van der Waals surface area contributed by atoms with Gasteiger partial charge in [-0.25, -0.2) is 0 Å². The molecule has 2 aromatic heterocycles. The summed E-state index contributed by atoms with van der Waals surface area (Å²) < 4.78 is 0.490. The van der Waals surface area contributed by atoms with Crippen molar-refractivity contribution in [1.29, 1.82) is 0 Å². The number of anilines is 1. The molecule has 3 aromatic rings. The zero-order valence-electron chi connectivity index (χ0n) is 9.85. The van der Waals surface area contributed by atoms with Crippen molar-refractivity contribution >= 4 is 32.5 Å². The molecule has 0 saturated heterocycles. The molecule has 0 saturated carbocycles. The molecule has 0 fully saturated rings. The number of hydrogen-bond donors (Lipinski definition) is 2. The highest BCUT2D eigenvalue weighted by Gasteiger charge is 2.07. The van der Waals surface area contributed by atoms with Crippen LogP contribution < -0.4 is 11.3 Å². The fraction of sp³-hybridized carbons (Fsp3) is 0. The maximum atomic E-state index is 11.6. The highest BCUT2D eigenvalue weighted by atomic mass is 79.9. The molecule has 1 aromatic carbocycles. The molecule has 0 amide bonds. The highest BCUT2D eigenvalue weighted by Crippen LogP contribution is 2.26. The van der Waals surface area contributed by atoms with E-state index in [0.29, 0.717) is 10.2 Å². The minimum atomic E-state index is -0.151. The van der Waals surface area contributed by atoms with Crippen molar-refractivity contribution in [2.75, 3.05) is 5.73 Å². The average molecular weight is 316 g/mol. The molecule has 3 N–H and O–H groups in total. The van der Waals surface area contributed by atoms with Gasteiger partial charge in [0.25, 0.3) is 5.56 Å². The summed E-state index contributed by atoms with van der Waals surface area (Å²) in [6.07, 6.45) is 1.68. The van der Waals surface area contributed by atoms with Gasteiger partial charge < -0.3 is 10.7 Å². The van der Waals surface area contributed by atoms with Gasteiger partial charge in [-0.15, -0.1) is 0 Å². The third-order valence-corrected chi connectivity index (χ3v) is 3.50. The normalized spacial score (nSPS) is 10.8. The smallest absolute Gasteiger partial charge is 0.262 e. The first-order valence-corrected chi connectivity index (χ1v) is 6.48. The Labute approximate surface area is 117 Å². The Balaban J connectivity index is 2.32. The van der Waals surface area contributed by atoms with Crippen LogP contribution in [0.3, 0.4) is 0 Å². The van der Waals surface area contributed by atoms with Gasteiger partial charge in [0.1, 0.15) is 0 Å². The number of nitrogens with two attached hydrogens (primary N) is 1. The Kier molecular flexibility index (Phi) is 2.83. The Morgan fingerprint density at radius 2 is 1.89 bits per heavy atom. The van der Waals surface area contributed by atoms with Crippen LogP contribution in [0.1, 0.15) is 0 Å². The van der Waals surface area contributed by atoms with Gasteiger partial charge in [-0.2, -0.15) is 0 Å². The number of H-pyrrole nitrogens is 1. The number of aromatic amines is 1. The Bertz CT molecular complexity index is 809. The summed E-state index contributed by atoms with van der Waals surface area (Å²) in [5.74, 6) is 0. The van der Waals surface area contributed by atoms with E-state index >= 15 is 0 Å². The summed E-state index contributed by atoms with van der Waals surface area (Å²) in [5, 5.41) is 0.888. The van der Waals surface area contributed by atoms with E-state index in [0.717, 1.165) is 22.2 Å². The largest absolute Gasteiger partial charge is 0.399 e. The van der Waals surface area contributed by atoms with Crippen molar-refractivity contribution in [2.24, 2.45) is 0 Å². The lowest BCUT2D eigenvalue weighted by Gasteiger charge is -2.06. The van der Waals surface area contributed by atoms with Crippen LogP contribution in [0.15, 0.2) is 51.9 Å². The standard InChI is InChI=1S/C14H10BrN3O/c15-11-7-10-12(18-14(11)19)5-6-17-13(10)8-1-3-9(16)4-2-8/h1-7H,16H2,(H,18,19). The molecule has 0 aliphatic heterocycles. The highest BCUT2D eigenvalue weighted by molar-refractivity contribution is 9.10. The Morgan fingerprint density at radius 3 is 2.63 bits per heavy atom. The first-order valence-electron chi connectivity index (χ1n) is 5.68. The summed E-state index contributed by atoms with van der Waals surface area (Å²) in [6.45, 7) is 0. The number of hydrogen-bond acceptors (Lipinski definition) is 3. The van der Waals surface area contributed by atoms with Crippen LogP contribution in [0.4, 0.5) is 5.69 Å². The molecule has 3 rings (SSSR count). The van der Waals surface area contributed by atoms with Crippen molar-refractivity contribution in [3.8, 4) is 11.3 Å². The minimum Gasteiger partial charge on any atom is -0.399 e. The fourth-order valence-corrected chi connectivity index (χ4v) is 2.30. The van der Waals surface area contributed by atoms with E-state index in [4.69, 9.17) is 5.73 Å². The number of pyridine rings is 2. The second-order valence-electron chi connectivity index (χ2n) is 4.19. The van der Waals surface area contributed by atoms with Crippen LogP contribution in [0.25, 0.3) is 22.2 Å². The Morgan fingerprint density at radius 1 is 1.16 bits per heavy atom. The predicted octanol–water partition coefficient (Wildman–Crippen LogP) is 2.93. The Hall–Kier alpha value is -2.14.